The van der Waals surface area contributed by atoms with Gasteiger partial charge in [0.15, 0.2) is 0 Å². The fourth-order valence-corrected chi connectivity index (χ4v) is 2.49. The van der Waals surface area contributed by atoms with Crippen molar-refractivity contribution < 1.29 is 24.2 Å². The zero-order valence-corrected chi connectivity index (χ0v) is 13.1. The van der Waals surface area contributed by atoms with E-state index in [-0.39, 0.29) is 0 Å². The highest BCUT2D eigenvalue weighted by atomic mass is 16.6. The van der Waals surface area contributed by atoms with Gasteiger partial charge in [-0.05, 0) is 57.7 Å². The maximum Gasteiger partial charge on any atom is 0.707 e. The van der Waals surface area contributed by atoms with Gasteiger partial charge >= 0.3 is 13.4 Å². The molecule has 6 nitrogen and oxygen atoms in total. The van der Waals surface area contributed by atoms with E-state index in [1.807, 2.05) is 32.9 Å². The molecule has 1 amide bonds. The van der Waals surface area contributed by atoms with E-state index in [2.05, 4.69) is 5.32 Å². The summed E-state index contributed by atoms with van der Waals surface area (Å²) in [6.45, 7) is 5.48. The van der Waals surface area contributed by atoms with Crippen LogP contribution in [0.1, 0.15) is 45.6 Å². The van der Waals surface area contributed by atoms with Gasteiger partial charge in [0, 0.05) is 0 Å². The predicted octanol–water partition coefficient (Wildman–Crippen LogP) is 1.94. The van der Waals surface area contributed by atoms with Crippen molar-refractivity contribution in [2.24, 2.45) is 0 Å². The number of carbonyl (C=O) groups excluding carboxylic acids is 1. The van der Waals surface area contributed by atoms with Crippen molar-refractivity contribution in [2.75, 3.05) is 0 Å². The first-order valence-electron chi connectivity index (χ1n) is 7.35. The van der Waals surface area contributed by atoms with Crippen LogP contribution < -0.4 is 9.97 Å². The second-order valence-electron chi connectivity index (χ2n) is 6.53. The average molecular weight is 307 g/mol. The third-order valence-electron chi connectivity index (χ3n) is 3.60. The average Bonchev–Trinajstić information content (AvgIpc) is 2.32. The van der Waals surface area contributed by atoms with E-state index in [0.29, 0.717) is 5.75 Å². The van der Waals surface area contributed by atoms with Gasteiger partial charge in [-0.3, -0.25) is 0 Å². The molecule has 0 heterocycles. The summed E-state index contributed by atoms with van der Waals surface area (Å²) < 4.78 is 10.1. The summed E-state index contributed by atoms with van der Waals surface area (Å²) >= 11 is 0. The van der Waals surface area contributed by atoms with Crippen molar-refractivity contribution in [3.63, 3.8) is 0 Å². The summed E-state index contributed by atoms with van der Waals surface area (Å²) in [6, 6.07) is 6.92. The fourth-order valence-electron chi connectivity index (χ4n) is 2.49. The van der Waals surface area contributed by atoms with Crippen molar-refractivity contribution in [1.29, 1.82) is 0 Å². The molecule has 0 spiro atoms. The fraction of sp³-hybridized carbons (Fsp3) is 0.533. The van der Waals surface area contributed by atoms with E-state index >= 15 is 0 Å². The third kappa shape index (κ3) is 4.14. The van der Waals surface area contributed by atoms with Gasteiger partial charge in [-0.1, -0.05) is 12.1 Å². The summed E-state index contributed by atoms with van der Waals surface area (Å²) in [4.78, 5) is 12.0. The number of ether oxygens (including phenoxy) is 1. The van der Waals surface area contributed by atoms with Crippen LogP contribution in [0.25, 0.3) is 0 Å². The van der Waals surface area contributed by atoms with Crippen LogP contribution in [0, 0.1) is 0 Å². The Morgan fingerprint density at radius 1 is 1.23 bits per heavy atom. The molecule has 0 atom stereocenters. The summed E-state index contributed by atoms with van der Waals surface area (Å²) in [6.07, 6.45) is 2.28. The topological polar surface area (TPSA) is 88.0 Å². The molecule has 0 saturated heterocycles. The number of rotatable bonds is 4. The second-order valence-corrected chi connectivity index (χ2v) is 6.53. The van der Waals surface area contributed by atoms with Gasteiger partial charge in [0.05, 0.1) is 5.54 Å². The SMILES string of the molecule is CC(C)(C)OC(=O)NC1(c2ccc(OB(O)O)cc2)CCC1. The summed E-state index contributed by atoms with van der Waals surface area (Å²) in [7, 11) is -1.84. The maximum absolute atomic E-state index is 12.0. The molecule has 1 aliphatic rings. The summed E-state index contributed by atoms with van der Waals surface area (Å²) in [5.74, 6) is 0.352. The Kier molecular flexibility index (Phi) is 4.67. The molecule has 1 aromatic rings. The second kappa shape index (κ2) is 6.18. The number of amides is 1. The highest BCUT2D eigenvalue weighted by Crippen LogP contribution is 2.41. The van der Waals surface area contributed by atoms with E-state index in [0.717, 1.165) is 24.8 Å². The molecule has 1 aromatic carbocycles. The van der Waals surface area contributed by atoms with Crippen LogP contribution in [0.5, 0.6) is 5.75 Å². The molecule has 0 unspecified atom stereocenters. The van der Waals surface area contributed by atoms with E-state index < -0.39 is 24.6 Å². The molecule has 0 radical (unpaired) electrons. The molecule has 7 heteroatoms. The minimum absolute atomic E-state index is 0.352. The van der Waals surface area contributed by atoms with Gasteiger partial charge < -0.3 is 24.8 Å². The number of hydrogen-bond acceptors (Lipinski definition) is 5. The number of nitrogens with one attached hydrogen (secondary N) is 1. The Labute approximate surface area is 130 Å². The normalized spacial score (nSPS) is 16.4. The maximum atomic E-state index is 12.0. The highest BCUT2D eigenvalue weighted by Gasteiger charge is 2.41. The third-order valence-corrected chi connectivity index (χ3v) is 3.60. The van der Waals surface area contributed by atoms with E-state index in [1.165, 1.54) is 0 Å². The molecule has 3 N–H and O–H groups in total. The van der Waals surface area contributed by atoms with Gasteiger partial charge in [0.25, 0.3) is 0 Å². The van der Waals surface area contributed by atoms with Crippen LogP contribution in [-0.4, -0.2) is 29.1 Å². The van der Waals surface area contributed by atoms with Crippen molar-refractivity contribution in [2.45, 2.75) is 51.2 Å². The van der Waals surface area contributed by atoms with Crippen LogP contribution in [0.15, 0.2) is 24.3 Å². The lowest BCUT2D eigenvalue weighted by Crippen LogP contribution is -2.52. The van der Waals surface area contributed by atoms with Crippen LogP contribution in [-0.2, 0) is 10.3 Å². The van der Waals surface area contributed by atoms with E-state index in [4.69, 9.17) is 19.4 Å². The van der Waals surface area contributed by atoms with E-state index in [9.17, 15) is 4.79 Å². The Bertz CT molecular complexity index is 520. The molecule has 1 fully saturated rings. The first kappa shape index (κ1) is 16.6. The number of carbonyl (C=O) groups is 1. The first-order chi connectivity index (χ1) is 10.2. The number of alkyl carbamates (subject to hydrolysis) is 1. The largest absolute Gasteiger partial charge is 0.707 e. The Balaban J connectivity index is 2.08. The molecule has 0 aromatic heterocycles. The van der Waals surface area contributed by atoms with Crippen LogP contribution in [0.3, 0.4) is 0 Å². The lowest BCUT2D eigenvalue weighted by Gasteiger charge is -2.43. The van der Waals surface area contributed by atoms with Crippen molar-refractivity contribution in [1.82, 2.24) is 5.32 Å². The van der Waals surface area contributed by atoms with Crippen molar-refractivity contribution in [3.05, 3.63) is 29.8 Å². The molecule has 0 bridgehead atoms. The quantitative estimate of drug-likeness (QED) is 0.740. The Morgan fingerprint density at radius 3 is 2.23 bits per heavy atom. The molecule has 2 rings (SSSR count). The molecule has 0 aliphatic heterocycles. The molecule has 1 aliphatic carbocycles. The highest BCUT2D eigenvalue weighted by molar-refractivity contribution is 6.33. The monoisotopic (exact) mass is 307 g/mol. The van der Waals surface area contributed by atoms with Crippen LogP contribution >= 0.6 is 0 Å². The summed E-state index contributed by atoms with van der Waals surface area (Å²) in [5, 5.41) is 20.5. The molecule has 22 heavy (non-hydrogen) atoms. The standard InChI is InChI=1S/C15H22BNO5/c1-14(2,3)21-13(18)17-15(9-4-10-15)11-5-7-12(8-6-11)22-16(19)20/h5-8,19-20H,4,9-10H2,1-3H3,(H,17,18). The minimum atomic E-state index is -1.84. The Hall–Kier alpha value is -1.73. The van der Waals surface area contributed by atoms with Gasteiger partial charge in [0.2, 0.25) is 0 Å². The molecule has 120 valence electrons. The van der Waals surface area contributed by atoms with Crippen molar-refractivity contribution in [3.8, 4) is 5.75 Å². The van der Waals surface area contributed by atoms with Crippen LogP contribution in [0.2, 0.25) is 0 Å². The molecular formula is C15H22BNO5. The lowest BCUT2D eigenvalue weighted by atomic mass is 9.72. The minimum Gasteiger partial charge on any atom is -0.512 e. The lowest BCUT2D eigenvalue weighted by molar-refractivity contribution is 0.0377. The van der Waals surface area contributed by atoms with Crippen LogP contribution in [0.4, 0.5) is 4.79 Å². The smallest absolute Gasteiger partial charge is 0.512 e. The first-order valence-corrected chi connectivity index (χ1v) is 7.35. The van der Waals surface area contributed by atoms with Gasteiger partial charge in [-0.15, -0.1) is 0 Å². The Morgan fingerprint density at radius 2 is 1.82 bits per heavy atom. The number of hydrogen-bond donors (Lipinski definition) is 3. The van der Waals surface area contributed by atoms with Gasteiger partial charge in [0.1, 0.15) is 11.4 Å². The predicted molar refractivity (Wildman–Crippen MR) is 82.2 cm³/mol. The van der Waals surface area contributed by atoms with Gasteiger partial charge in [-0.25, -0.2) is 4.79 Å². The van der Waals surface area contributed by atoms with Gasteiger partial charge in [-0.2, -0.15) is 0 Å². The summed E-state index contributed by atoms with van der Waals surface area (Å²) in [5.41, 5.74) is -0.00717. The number of benzene rings is 1. The molecular weight excluding hydrogens is 285 g/mol. The van der Waals surface area contributed by atoms with Crippen molar-refractivity contribution >= 4 is 13.4 Å². The molecule has 1 saturated carbocycles. The zero-order chi connectivity index (χ0) is 16.4. The zero-order valence-electron chi connectivity index (χ0n) is 13.1. The van der Waals surface area contributed by atoms with E-state index in [1.54, 1.807) is 12.1 Å².